The summed E-state index contributed by atoms with van der Waals surface area (Å²) in [6.07, 6.45) is 5.22. The molecule has 0 aromatic carbocycles. The molecule has 0 spiro atoms. The molecule has 0 bridgehead atoms. The summed E-state index contributed by atoms with van der Waals surface area (Å²) >= 11 is 0. The van der Waals surface area contributed by atoms with Gasteiger partial charge in [-0.2, -0.15) is 0 Å². The van der Waals surface area contributed by atoms with Crippen LogP contribution in [0.3, 0.4) is 0 Å². The van der Waals surface area contributed by atoms with Gasteiger partial charge in [0.25, 0.3) is 0 Å². The third-order valence-corrected chi connectivity index (χ3v) is 3.93. The van der Waals surface area contributed by atoms with Crippen LogP contribution in [0.1, 0.15) is 6.42 Å². The fraction of sp³-hybridized carbons (Fsp3) is 0.750. The molecule has 0 unspecified atom stereocenters. The molecular formula is C12H20N4O. The number of fused-ring (bicyclic) bond motifs is 1. The second-order valence-electron chi connectivity index (χ2n) is 4.88. The van der Waals surface area contributed by atoms with Crippen LogP contribution in [0.15, 0.2) is 12.4 Å². The number of nitrogens with one attached hydrogen (secondary N) is 1. The van der Waals surface area contributed by atoms with Gasteiger partial charge >= 0.3 is 0 Å². The Kier molecular flexibility index (Phi) is 3.03. The Morgan fingerprint density at radius 2 is 2.47 bits per heavy atom. The van der Waals surface area contributed by atoms with E-state index in [1.807, 2.05) is 12.4 Å². The fourth-order valence-electron chi connectivity index (χ4n) is 3.02. The van der Waals surface area contributed by atoms with E-state index in [0.29, 0.717) is 6.04 Å². The van der Waals surface area contributed by atoms with Crippen molar-refractivity contribution in [2.75, 3.05) is 38.3 Å². The third kappa shape index (κ3) is 1.93. The number of rotatable bonds is 4. The van der Waals surface area contributed by atoms with Gasteiger partial charge in [-0.3, -0.25) is 0 Å². The smallest absolute Gasteiger partial charge is 0.205 e. The standard InChI is InChI=1S/C12H20N4O/c1-17-7-6-15-5-3-14-12(15)16-4-2-10-8-13-9-11(10)16/h3,5,10-11,13H,2,4,6-9H2,1H3/t10-,11+/m0/s1. The Balaban J connectivity index is 1.77. The highest BCUT2D eigenvalue weighted by Crippen LogP contribution is 2.30. The van der Waals surface area contributed by atoms with Crippen LogP contribution in [0.25, 0.3) is 0 Å². The lowest BCUT2D eigenvalue weighted by molar-refractivity contribution is 0.187. The van der Waals surface area contributed by atoms with Crippen molar-refractivity contribution in [3.63, 3.8) is 0 Å². The number of imidazole rings is 1. The van der Waals surface area contributed by atoms with E-state index < -0.39 is 0 Å². The number of methoxy groups -OCH3 is 1. The van der Waals surface area contributed by atoms with E-state index in [1.54, 1.807) is 7.11 Å². The minimum Gasteiger partial charge on any atom is -0.383 e. The van der Waals surface area contributed by atoms with E-state index >= 15 is 0 Å². The van der Waals surface area contributed by atoms with Crippen molar-refractivity contribution >= 4 is 5.95 Å². The van der Waals surface area contributed by atoms with Crippen molar-refractivity contribution in [3.8, 4) is 0 Å². The Morgan fingerprint density at radius 1 is 1.53 bits per heavy atom. The lowest BCUT2D eigenvalue weighted by atomic mass is 10.1. The number of hydrogen-bond donors (Lipinski definition) is 1. The monoisotopic (exact) mass is 236 g/mol. The first-order chi connectivity index (χ1) is 8.40. The van der Waals surface area contributed by atoms with Crippen LogP contribution < -0.4 is 10.2 Å². The average Bonchev–Trinajstić information content (AvgIpc) is 3.01. The summed E-state index contributed by atoms with van der Waals surface area (Å²) in [6, 6.07) is 0.638. The molecular weight excluding hydrogens is 216 g/mol. The molecule has 1 N–H and O–H groups in total. The molecule has 2 atom stereocenters. The van der Waals surface area contributed by atoms with Crippen LogP contribution in [0, 0.1) is 5.92 Å². The highest BCUT2D eigenvalue weighted by Gasteiger charge is 2.38. The summed E-state index contributed by atoms with van der Waals surface area (Å²) in [5.41, 5.74) is 0. The molecule has 2 aliphatic rings. The lowest BCUT2D eigenvalue weighted by Gasteiger charge is -2.25. The summed E-state index contributed by atoms with van der Waals surface area (Å²) < 4.78 is 7.34. The number of hydrogen-bond acceptors (Lipinski definition) is 4. The predicted molar refractivity (Wildman–Crippen MR) is 66.2 cm³/mol. The molecule has 94 valence electrons. The van der Waals surface area contributed by atoms with E-state index in [9.17, 15) is 0 Å². The maximum absolute atomic E-state index is 5.14. The number of aromatic nitrogens is 2. The molecule has 2 saturated heterocycles. The predicted octanol–water partition coefficient (Wildman–Crippen LogP) is 0.328. The molecule has 5 nitrogen and oxygen atoms in total. The van der Waals surface area contributed by atoms with Crippen molar-refractivity contribution in [2.24, 2.45) is 5.92 Å². The van der Waals surface area contributed by atoms with Gasteiger partial charge in [-0.25, -0.2) is 4.98 Å². The molecule has 17 heavy (non-hydrogen) atoms. The van der Waals surface area contributed by atoms with Crippen LogP contribution in [-0.2, 0) is 11.3 Å². The lowest BCUT2D eigenvalue weighted by Crippen LogP contribution is -2.36. The maximum Gasteiger partial charge on any atom is 0.205 e. The Labute approximate surface area is 102 Å². The molecule has 1 aromatic heterocycles. The molecule has 1 aromatic rings. The Bertz CT molecular complexity index is 378. The summed E-state index contributed by atoms with van der Waals surface area (Å²) in [5, 5.41) is 3.48. The fourth-order valence-corrected chi connectivity index (χ4v) is 3.02. The van der Waals surface area contributed by atoms with Gasteiger partial charge in [0.1, 0.15) is 0 Å². The largest absolute Gasteiger partial charge is 0.383 e. The van der Waals surface area contributed by atoms with Gasteiger partial charge in [0.05, 0.1) is 6.61 Å². The average molecular weight is 236 g/mol. The minimum absolute atomic E-state index is 0.638. The van der Waals surface area contributed by atoms with Crippen molar-refractivity contribution in [3.05, 3.63) is 12.4 Å². The quantitative estimate of drug-likeness (QED) is 0.818. The zero-order chi connectivity index (χ0) is 11.7. The number of anilines is 1. The van der Waals surface area contributed by atoms with Crippen LogP contribution >= 0.6 is 0 Å². The zero-order valence-electron chi connectivity index (χ0n) is 10.3. The zero-order valence-corrected chi connectivity index (χ0v) is 10.3. The molecule has 0 aliphatic carbocycles. The summed E-state index contributed by atoms with van der Waals surface area (Å²) in [5.74, 6) is 1.92. The van der Waals surface area contributed by atoms with Crippen LogP contribution in [-0.4, -0.2) is 48.9 Å². The maximum atomic E-state index is 5.14. The first-order valence-corrected chi connectivity index (χ1v) is 6.37. The molecule has 0 amide bonds. The molecule has 3 heterocycles. The highest BCUT2D eigenvalue weighted by atomic mass is 16.5. The topological polar surface area (TPSA) is 42.3 Å². The molecule has 0 radical (unpaired) electrons. The SMILES string of the molecule is COCCn1ccnc1N1CC[C@H]2CNC[C@H]21. The summed E-state index contributed by atoms with van der Waals surface area (Å²) in [4.78, 5) is 6.98. The molecule has 2 fully saturated rings. The van der Waals surface area contributed by atoms with Crippen LogP contribution in [0.2, 0.25) is 0 Å². The van der Waals surface area contributed by atoms with Crippen LogP contribution in [0.5, 0.6) is 0 Å². The van der Waals surface area contributed by atoms with E-state index in [-0.39, 0.29) is 0 Å². The summed E-state index contributed by atoms with van der Waals surface area (Å²) in [6.45, 7) is 5.03. The van der Waals surface area contributed by atoms with Gasteiger partial charge in [0.15, 0.2) is 0 Å². The molecule has 2 aliphatic heterocycles. The molecule has 0 saturated carbocycles. The van der Waals surface area contributed by atoms with E-state index in [2.05, 4.69) is 19.8 Å². The van der Waals surface area contributed by atoms with Crippen molar-refractivity contribution < 1.29 is 4.74 Å². The highest BCUT2D eigenvalue weighted by molar-refractivity contribution is 5.36. The number of ether oxygens (including phenoxy) is 1. The van der Waals surface area contributed by atoms with Gasteiger partial charge in [-0.15, -0.1) is 0 Å². The minimum atomic E-state index is 0.638. The van der Waals surface area contributed by atoms with E-state index in [1.165, 1.54) is 13.0 Å². The first-order valence-electron chi connectivity index (χ1n) is 6.37. The van der Waals surface area contributed by atoms with Gasteiger partial charge < -0.3 is 19.5 Å². The van der Waals surface area contributed by atoms with Crippen molar-refractivity contribution in [1.82, 2.24) is 14.9 Å². The van der Waals surface area contributed by atoms with Gasteiger partial charge in [-0.1, -0.05) is 0 Å². The summed E-state index contributed by atoms with van der Waals surface area (Å²) in [7, 11) is 1.74. The Hall–Kier alpha value is -1.07. The van der Waals surface area contributed by atoms with Crippen LogP contribution in [0.4, 0.5) is 5.95 Å². The molecule has 3 rings (SSSR count). The second-order valence-corrected chi connectivity index (χ2v) is 4.88. The first kappa shape index (κ1) is 11.0. The normalized spacial score (nSPS) is 27.7. The van der Waals surface area contributed by atoms with E-state index in [0.717, 1.165) is 38.1 Å². The van der Waals surface area contributed by atoms with Gasteiger partial charge in [-0.05, 0) is 12.3 Å². The number of nitrogens with zero attached hydrogens (tertiary/aromatic N) is 3. The Morgan fingerprint density at radius 3 is 3.35 bits per heavy atom. The van der Waals surface area contributed by atoms with Crippen molar-refractivity contribution in [2.45, 2.75) is 19.0 Å². The second kappa shape index (κ2) is 4.66. The van der Waals surface area contributed by atoms with Crippen molar-refractivity contribution in [1.29, 1.82) is 0 Å². The van der Waals surface area contributed by atoms with Gasteiger partial charge in [0, 0.05) is 51.7 Å². The third-order valence-electron chi connectivity index (χ3n) is 3.93. The van der Waals surface area contributed by atoms with E-state index in [4.69, 9.17) is 4.74 Å². The molecule has 5 heteroatoms. The van der Waals surface area contributed by atoms with Gasteiger partial charge in [0.2, 0.25) is 5.95 Å².